The molecule has 0 fully saturated rings. The standard InChI is InChI=1S/C40H56O2.C2H7O2P/c1-29(17-13-19-31(3)21-23-37-33(5)25-35(41)27-39(37,7)8)15-11-12-16-30(2)18-14-20-32(4)22-24-38-34(6)26-36(42)28-40(38,9)10;1-3-5-4-2/h11-25,35-37,41-42H,26-28H2,1-10H3;5H,1-2H3/b12-11+,17-13+,18-14+,23-21+,24-22+,29-15+,30-16+,31-19+,32-20+;. The van der Waals surface area contributed by atoms with Crippen LogP contribution in [0.4, 0.5) is 0 Å². The van der Waals surface area contributed by atoms with Gasteiger partial charge in [-0.05, 0) is 77.2 Å². The Bertz CT molecular complexity index is 1340. The van der Waals surface area contributed by atoms with Crippen molar-refractivity contribution in [3.05, 3.63) is 130 Å². The van der Waals surface area contributed by atoms with Gasteiger partial charge >= 0.3 is 0 Å². The van der Waals surface area contributed by atoms with E-state index in [4.69, 9.17) is 0 Å². The lowest BCUT2D eigenvalue weighted by Crippen LogP contribution is -2.32. The van der Waals surface area contributed by atoms with E-state index in [2.05, 4.69) is 163 Å². The minimum atomic E-state index is -0.331. The van der Waals surface area contributed by atoms with Gasteiger partial charge in [-0.1, -0.05) is 152 Å². The highest BCUT2D eigenvalue weighted by molar-refractivity contribution is 7.26. The molecule has 0 aliphatic heterocycles. The highest BCUT2D eigenvalue weighted by Crippen LogP contribution is 2.42. The molecule has 0 amide bonds. The van der Waals surface area contributed by atoms with Crippen molar-refractivity contribution in [3.8, 4) is 0 Å². The summed E-state index contributed by atoms with van der Waals surface area (Å²) < 4.78 is 8.99. The molecule has 2 aliphatic carbocycles. The van der Waals surface area contributed by atoms with Crippen molar-refractivity contribution in [2.75, 3.05) is 14.2 Å². The Morgan fingerprint density at radius 1 is 0.745 bits per heavy atom. The van der Waals surface area contributed by atoms with Crippen LogP contribution in [0.15, 0.2) is 130 Å². The molecule has 5 heteroatoms. The van der Waals surface area contributed by atoms with Crippen molar-refractivity contribution in [2.24, 2.45) is 16.7 Å². The number of aliphatic hydroxyl groups excluding tert-OH is 2. The van der Waals surface area contributed by atoms with Crippen LogP contribution in [-0.2, 0) is 9.05 Å². The maximum Gasteiger partial charge on any atom is 0.154 e. The lowest BCUT2D eigenvalue weighted by molar-refractivity contribution is 0.116. The lowest BCUT2D eigenvalue weighted by Gasteiger charge is -2.38. The molecule has 0 aromatic rings. The molecular formula is C42H63O4P. The third kappa shape index (κ3) is 16.9. The summed E-state index contributed by atoms with van der Waals surface area (Å²) in [5, 5.41) is 20.2. The van der Waals surface area contributed by atoms with Gasteiger partial charge in [0.25, 0.3) is 0 Å². The van der Waals surface area contributed by atoms with Crippen LogP contribution in [0, 0.1) is 16.7 Å². The normalized spacial score (nSPS) is 24.6. The molecule has 0 saturated heterocycles. The van der Waals surface area contributed by atoms with Gasteiger partial charge in [0.15, 0.2) is 9.03 Å². The van der Waals surface area contributed by atoms with E-state index in [-0.39, 0.29) is 32.1 Å². The molecule has 0 heterocycles. The second-order valence-corrected chi connectivity index (χ2v) is 15.2. The first kappa shape index (κ1) is 42.4. The molecule has 47 heavy (non-hydrogen) atoms. The van der Waals surface area contributed by atoms with Crippen molar-refractivity contribution >= 4 is 9.03 Å². The Balaban J connectivity index is 0.00000204. The molecule has 2 N–H and O–H groups in total. The Morgan fingerprint density at radius 3 is 1.70 bits per heavy atom. The molecule has 0 radical (unpaired) electrons. The van der Waals surface area contributed by atoms with E-state index in [0.717, 1.165) is 19.3 Å². The van der Waals surface area contributed by atoms with Gasteiger partial charge in [-0.2, -0.15) is 0 Å². The van der Waals surface area contributed by atoms with Crippen molar-refractivity contribution in [2.45, 2.75) is 101 Å². The molecule has 0 saturated carbocycles. The monoisotopic (exact) mass is 662 g/mol. The van der Waals surface area contributed by atoms with E-state index < -0.39 is 0 Å². The molecule has 0 aromatic carbocycles. The predicted octanol–water partition coefficient (Wildman–Crippen LogP) is 11.2. The first-order valence-corrected chi connectivity index (χ1v) is 17.5. The molecular weight excluding hydrogens is 599 g/mol. The molecule has 2 aliphatic rings. The fourth-order valence-corrected chi connectivity index (χ4v) is 6.39. The fraction of sp³-hybridized carbons (Fsp3) is 0.476. The van der Waals surface area contributed by atoms with Gasteiger partial charge in [0.2, 0.25) is 0 Å². The summed E-state index contributed by atoms with van der Waals surface area (Å²) >= 11 is 0. The van der Waals surface area contributed by atoms with Crippen LogP contribution in [0.2, 0.25) is 0 Å². The van der Waals surface area contributed by atoms with Crippen LogP contribution in [0.25, 0.3) is 0 Å². The summed E-state index contributed by atoms with van der Waals surface area (Å²) in [6.07, 6.45) is 33.8. The SMILES string of the molecule is CC1=CC(O)CC(C)(C)C1/C=C/C(C)=C/C=C/C(C)=C/C=C/C=C(C)/C=C/C=C(C)/C=C/C1=C(C)CC(O)CC1(C)C.COPOC. The summed E-state index contributed by atoms with van der Waals surface area (Å²) in [6, 6.07) is 0. The van der Waals surface area contributed by atoms with Crippen molar-refractivity contribution < 1.29 is 19.3 Å². The van der Waals surface area contributed by atoms with Crippen LogP contribution in [0.5, 0.6) is 0 Å². The topological polar surface area (TPSA) is 58.9 Å². The quantitative estimate of drug-likeness (QED) is 0.124. The van der Waals surface area contributed by atoms with E-state index in [1.807, 2.05) is 6.08 Å². The van der Waals surface area contributed by atoms with Crippen molar-refractivity contribution in [1.82, 2.24) is 0 Å². The van der Waals surface area contributed by atoms with Gasteiger partial charge in [-0.3, -0.25) is 0 Å². The van der Waals surface area contributed by atoms with Crippen LogP contribution in [-0.4, -0.2) is 36.6 Å². The molecule has 4 nitrogen and oxygen atoms in total. The minimum absolute atomic E-state index is 0.00528. The Labute approximate surface area is 289 Å². The minimum Gasteiger partial charge on any atom is -0.393 e. The Hall–Kier alpha value is -2.59. The van der Waals surface area contributed by atoms with Crippen LogP contribution in [0.3, 0.4) is 0 Å². The largest absolute Gasteiger partial charge is 0.393 e. The summed E-state index contributed by atoms with van der Waals surface area (Å²) in [6.45, 7) is 21.6. The maximum absolute atomic E-state index is 10.1. The summed E-state index contributed by atoms with van der Waals surface area (Å²) in [4.78, 5) is 0. The van der Waals surface area contributed by atoms with Crippen LogP contribution in [0.1, 0.15) is 88.5 Å². The highest BCUT2D eigenvalue weighted by Gasteiger charge is 2.34. The summed E-state index contributed by atoms with van der Waals surface area (Å²) in [5.74, 6) is 0.348. The first-order chi connectivity index (χ1) is 22.0. The van der Waals surface area contributed by atoms with Gasteiger partial charge in [0.1, 0.15) is 0 Å². The Morgan fingerprint density at radius 2 is 1.23 bits per heavy atom. The number of hydrogen-bond acceptors (Lipinski definition) is 4. The van der Waals surface area contributed by atoms with Gasteiger partial charge < -0.3 is 19.3 Å². The summed E-state index contributed by atoms with van der Waals surface area (Å²) in [7, 11) is 3.40. The number of aliphatic hydroxyl groups is 2. The molecule has 0 spiro atoms. The van der Waals surface area contributed by atoms with Gasteiger partial charge in [-0.25, -0.2) is 0 Å². The molecule has 3 unspecified atom stereocenters. The maximum atomic E-state index is 10.1. The molecule has 0 bridgehead atoms. The molecule has 0 aromatic heterocycles. The van der Waals surface area contributed by atoms with E-state index in [1.165, 1.54) is 39.0 Å². The van der Waals surface area contributed by atoms with Gasteiger partial charge in [-0.15, -0.1) is 0 Å². The van der Waals surface area contributed by atoms with Gasteiger partial charge in [0.05, 0.1) is 12.2 Å². The average molecular weight is 663 g/mol. The second kappa shape index (κ2) is 21.4. The molecule has 260 valence electrons. The molecule has 3 atom stereocenters. The molecule has 2 rings (SSSR count). The van der Waals surface area contributed by atoms with E-state index >= 15 is 0 Å². The predicted molar refractivity (Wildman–Crippen MR) is 206 cm³/mol. The van der Waals surface area contributed by atoms with Gasteiger partial charge in [0, 0.05) is 20.1 Å². The zero-order chi connectivity index (χ0) is 35.6. The zero-order valence-electron chi connectivity index (χ0n) is 31.2. The van der Waals surface area contributed by atoms with E-state index in [1.54, 1.807) is 14.2 Å². The summed E-state index contributed by atoms with van der Waals surface area (Å²) in [5.41, 5.74) is 8.73. The smallest absolute Gasteiger partial charge is 0.154 e. The lowest BCUT2D eigenvalue weighted by atomic mass is 9.67. The Kier molecular flexibility index (Phi) is 19.3. The number of hydrogen-bond donors (Lipinski definition) is 2. The third-order valence-electron chi connectivity index (χ3n) is 8.50. The number of allylic oxidation sites excluding steroid dienone is 20. The van der Waals surface area contributed by atoms with Crippen LogP contribution < -0.4 is 0 Å². The zero-order valence-corrected chi connectivity index (χ0v) is 32.2. The second-order valence-electron chi connectivity index (χ2n) is 14.2. The van der Waals surface area contributed by atoms with E-state index in [9.17, 15) is 10.2 Å². The van der Waals surface area contributed by atoms with Crippen molar-refractivity contribution in [3.63, 3.8) is 0 Å². The highest BCUT2D eigenvalue weighted by atomic mass is 31.1. The average Bonchev–Trinajstić information content (AvgIpc) is 2.94. The fourth-order valence-electron chi connectivity index (χ4n) is 6.23. The number of rotatable bonds is 12. The first-order valence-electron chi connectivity index (χ1n) is 16.7. The van der Waals surface area contributed by atoms with E-state index in [0.29, 0.717) is 5.92 Å². The van der Waals surface area contributed by atoms with Crippen molar-refractivity contribution in [1.29, 1.82) is 0 Å². The third-order valence-corrected chi connectivity index (χ3v) is 8.83. The van der Waals surface area contributed by atoms with Crippen LogP contribution >= 0.6 is 9.03 Å².